The smallest absolute Gasteiger partial charge is 0.124 e. The molecule has 0 aliphatic heterocycles. The lowest BCUT2D eigenvalue weighted by Gasteiger charge is -2.35. The van der Waals surface area contributed by atoms with Crippen LogP contribution in [0.1, 0.15) is 31.2 Å². The van der Waals surface area contributed by atoms with Crippen LogP contribution in [-0.4, -0.2) is 22.8 Å². The molecular weight excluding hydrogens is 361 g/mol. The van der Waals surface area contributed by atoms with Crippen LogP contribution in [0, 0.1) is 5.82 Å². The van der Waals surface area contributed by atoms with E-state index in [2.05, 4.69) is 43.8 Å². The van der Waals surface area contributed by atoms with Crippen LogP contribution in [0.5, 0.6) is 0 Å². The summed E-state index contributed by atoms with van der Waals surface area (Å²) in [5, 5.41) is 0. The number of benzene rings is 1. The minimum Gasteiger partial charge on any atom is -0.298 e. The van der Waals surface area contributed by atoms with Crippen LogP contribution in [0.25, 0.3) is 0 Å². The van der Waals surface area contributed by atoms with E-state index in [0.717, 1.165) is 16.6 Å². The largest absolute Gasteiger partial charge is 0.298 e. The first-order valence-electron chi connectivity index (χ1n) is 6.36. The molecule has 0 radical (unpaired) electrons. The van der Waals surface area contributed by atoms with Gasteiger partial charge in [0.1, 0.15) is 5.82 Å². The van der Waals surface area contributed by atoms with E-state index >= 15 is 0 Å². The molecule has 1 aliphatic rings. The van der Waals surface area contributed by atoms with E-state index in [9.17, 15) is 4.39 Å². The van der Waals surface area contributed by atoms with Gasteiger partial charge >= 0.3 is 0 Å². The van der Waals surface area contributed by atoms with Gasteiger partial charge in [0.15, 0.2) is 0 Å². The van der Waals surface area contributed by atoms with Crippen LogP contribution in [0.2, 0.25) is 0 Å². The van der Waals surface area contributed by atoms with Gasteiger partial charge in [0, 0.05) is 21.9 Å². The van der Waals surface area contributed by atoms with E-state index in [-0.39, 0.29) is 5.82 Å². The predicted octanol–water partition coefficient (Wildman–Crippen LogP) is 4.73. The number of hydrogen-bond donors (Lipinski definition) is 0. The predicted molar refractivity (Wildman–Crippen MR) is 80.5 cm³/mol. The Labute approximate surface area is 125 Å². The molecule has 1 nitrogen and oxygen atoms in total. The second kappa shape index (κ2) is 6.49. The van der Waals surface area contributed by atoms with E-state index in [0.29, 0.717) is 10.9 Å². The summed E-state index contributed by atoms with van der Waals surface area (Å²) in [7, 11) is 2.15. The van der Waals surface area contributed by atoms with Gasteiger partial charge in [-0.15, -0.1) is 0 Å². The molecule has 0 amide bonds. The van der Waals surface area contributed by atoms with E-state index < -0.39 is 0 Å². The van der Waals surface area contributed by atoms with Crippen molar-refractivity contribution in [1.82, 2.24) is 4.90 Å². The fourth-order valence-electron chi connectivity index (χ4n) is 2.60. The van der Waals surface area contributed by atoms with Crippen molar-refractivity contribution < 1.29 is 4.39 Å². The summed E-state index contributed by atoms with van der Waals surface area (Å²) in [5.41, 5.74) is 1.14. The maximum atomic E-state index is 13.1. The fraction of sp³-hybridized carbons (Fsp3) is 0.571. The summed E-state index contributed by atoms with van der Waals surface area (Å²) < 4.78 is 13.9. The minimum atomic E-state index is -0.190. The Morgan fingerprint density at radius 2 is 2.06 bits per heavy atom. The maximum absolute atomic E-state index is 13.1. The van der Waals surface area contributed by atoms with Crippen molar-refractivity contribution in [2.75, 3.05) is 7.05 Å². The van der Waals surface area contributed by atoms with Crippen LogP contribution in [0.15, 0.2) is 22.7 Å². The zero-order valence-corrected chi connectivity index (χ0v) is 13.7. The quantitative estimate of drug-likeness (QED) is 0.687. The van der Waals surface area contributed by atoms with Gasteiger partial charge in [0.2, 0.25) is 0 Å². The summed E-state index contributed by atoms with van der Waals surface area (Å²) in [4.78, 5) is 2.95. The maximum Gasteiger partial charge on any atom is 0.124 e. The molecule has 2 unspecified atom stereocenters. The molecule has 0 aromatic heterocycles. The highest BCUT2D eigenvalue weighted by atomic mass is 79.9. The number of nitrogens with zero attached hydrogens (tertiary/aromatic N) is 1. The Kier molecular flexibility index (Phi) is 5.22. The summed E-state index contributed by atoms with van der Waals surface area (Å²) in [6.45, 7) is 0.855. The lowest BCUT2D eigenvalue weighted by Crippen LogP contribution is -2.40. The molecule has 1 fully saturated rings. The van der Waals surface area contributed by atoms with Crippen molar-refractivity contribution in [3.05, 3.63) is 34.1 Å². The van der Waals surface area contributed by atoms with E-state index in [1.54, 1.807) is 0 Å². The van der Waals surface area contributed by atoms with Crippen molar-refractivity contribution in [3.63, 3.8) is 0 Å². The van der Waals surface area contributed by atoms with Crippen molar-refractivity contribution in [1.29, 1.82) is 0 Å². The van der Waals surface area contributed by atoms with Crippen molar-refractivity contribution in [2.24, 2.45) is 0 Å². The Bertz CT molecular complexity index is 411. The number of alkyl halides is 1. The highest BCUT2D eigenvalue weighted by Crippen LogP contribution is 2.29. The second-order valence-electron chi connectivity index (χ2n) is 5.02. The molecule has 1 aliphatic carbocycles. The minimum absolute atomic E-state index is 0.190. The van der Waals surface area contributed by atoms with E-state index in [1.807, 2.05) is 6.07 Å². The summed E-state index contributed by atoms with van der Waals surface area (Å²) in [5.74, 6) is -0.190. The zero-order valence-electron chi connectivity index (χ0n) is 10.5. The number of rotatable bonds is 3. The Balaban J connectivity index is 2.03. The average Bonchev–Trinajstić information content (AvgIpc) is 2.33. The standard InChI is InChI=1S/C14H18Br2FN/c1-18(14-5-3-2-4-12(14)15)9-10-6-7-11(17)8-13(10)16/h6-8,12,14H,2-5,9H2,1H3. The van der Waals surface area contributed by atoms with Gasteiger partial charge in [-0.1, -0.05) is 50.8 Å². The van der Waals surface area contributed by atoms with Crippen LogP contribution < -0.4 is 0 Å². The fourth-order valence-corrected chi connectivity index (χ4v) is 4.07. The first-order chi connectivity index (χ1) is 8.58. The molecule has 0 heterocycles. The molecule has 100 valence electrons. The number of halogens is 3. The lowest BCUT2D eigenvalue weighted by molar-refractivity contribution is 0.192. The van der Waals surface area contributed by atoms with E-state index in [4.69, 9.17) is 0 Å². The second-order valence-corrected chi connectivity index (χ2v) is 7.05. The third-order valence-corrected chi connectivity index (χ3v) is 5.45. The third-order valence-electron chi connectivity index (χ3n) is 3.65. The van der Waals surface area contributed by atoms with Crippen LogP contribution >= 0.6 is 31.9 Å². The van der Waals surface area contributed by atoms with Crippen molar-refractivity contribution in [3.8, 4) is 0 Å². The molecule has 0 spiro atoms. The van der Waals surface area contributed by atoms with Gasteiger partial charge in [-0.3, -0.25) is 4.90 Å². The van der Waals surface area contributed by atoms with Crippen LogP contribution in [0.4, 0.5) is 4.39 Å². The van der Waals surface area contributed by atoms with Gasteiger partial charge < -0.3 is 0 Å². The van der Waals surface area contributed by atoms with Crippen LogP contribution in [0.3, 0.4) is 0 Å². The normalized spacial score (nSPS) is 24.5. The van der Waals surface area contributed by atoms with Gasteiger partial charge in [-0.25, -0.2) is 4.39 Å². The van der Waals surface area contributed by atoms with Gasteiger partial charge in [0.05, 0.1) is 0 Å². The van der Waals surface area contributed by atoms with Gasteiger partial charge in [0.25, 0.3) is 0 Å². The molecule has 2 rings (SSSR count). The van der Waals surface area contributed by atoms with Crippen LogP contribution in [-0.2, 0) is 6.54 Å². The first-order valence-corrected chi connectivity index (χ1v) is 8.07. The molecule has 1 aromatic carbocycles. The molecule has 18 heavy (non-hydrogen) atoms. The highest BCUT2D eigenvalue weighted by Gasteiger charge is 2.26. The molecule has 0 bridgehead atoms. The molecule has 1 saturated carbocycles. The summed E-state index contributed by atoms with van der Waals surface area (Å²) >= 11 is 7.22. The topological polar surface area (TPSA) is 3.24 Å². The Hall–Kier alpha value is 0.0700. The lowest BCUT2D eigenvalue weighted by atomic mass is 9.94. The molecule has 4 heteroatoms. The number of hydrogen-bond acceptors (Lipinski definition) is 1. The monoisotopic (exact) mass is 377 g/mol. The SMILES string of the molecule is CN(Cc1ccc(F)cc1Br)C1CCCCC1Br. The molecule has 2 atom stereocenters. The average molecular weight is 379 g/mol. The zero-order chi connectivity index (χ0) is 13.1. The summed E-state index contributed by atoms with van der Waals surface area (Å²) in [6, 6.07) is 5.51. The molecular formula is C14H18Br2FN. The Morgan fingerprint density at radius 3 is 2.72 bits per heavy atom. The highest BCUT2D eigenvalue weighted by molar-refractivity contribution is 9.10. The van der Waals surface area contributed by atoms with Gasteiger partial charge in [-0.05, 0) is 37.6 Å². The van der Waals surface area contributed by atoms with Crippen molar-refractivity contribution in [2.45, 2.75) is 43.1 Å². The molecule has 0 saturated heterocycles. The first kappa shape index (κ1) is 14.5. The molecule has 0 N–H and O–H groups in total. The van der Waals surface area contributed by atoms with Crippen molar-refractivity contribution >= 4 is 31.9 Å². The molecule has 1 aromatic rings. The van der Waals surface area contributed by atoms with Gasteiger partial charge in [-0.2, -0.15) is 0 Å². The van der Waals surface area contributed by atoms with E-state index in [1.165, 1.54) is 37.8 Å². The third kappa shape index (κ3) is 3.55. The Morgan fingerprint density at radius 1 is 1.33 bits per heavy atom. The summed E-state index contributed by atoms with van der Waals surface area (Å²) in [6.07, 6.45) is 5.12.